The van der Waals surface area contributed by atoms with Crippen molar-refractivity contribution in [1.82, 2.24) is 4.90 Å². The molecule has 1 aromatic carbocycles. The van der Waals surface area contributed by atoms with Crippen LogP contribution in [0.25, 0.3) is 0 Å². The van der Waals surface area contributed by atoms with Crippen LogP contribution in [0.1, 0.15) is 26.7 Å². The number of nitrogens with one attached hydrogen (secondary N) is 1. The van der Waals surface area contributed by atoms with Gasteiger partial charge in [-0.25, -0.2) is 4.39 Å². The Morgan fingerprint density at radius 3 is 2.66 bits per heavy atom. The fourth-order valence-electron chi connectivity index (χ4n) is 3.50. The smallest absolute Gasteiger partial charge is 0.253 e. The second-order valence-electron chi connectivity index (χ2n) is 7.88. The fourth-order valence-corrected chi connectivity index (χ4v) is 3.50. The zero-order valence-electron chi connectivity index (χ0n) is 16.7. The number of hydrogen-bond acceptors (Lipinski definition) is 5. The maximum Gasteiger partial charge on any atom is 0.253 e. The van der Waals surface area contributed by atoms with E-state index in [9.17, 15) is 18.8 Å². The van der Waals surface area contributed by atoms with Gasteiger partial charge in [-0.2, -0.15) is 0 Å². The Bertz CT molecular complexity index is 797. The molecule has 2 aliphatic rings. The van der Waals surface area contributed by atoms with E-state index in [1.54, 1.807) is 11.0 Å². The molecule has 1 saturated carbocycles. The van der Waals surface area contributed by atoms with E-state index < -0.39 is 23.7 Å². The minimum absolute atomic E-state index is 0.0484. The summed E-state index contributed by atoms with van der Waals surface area (Å²) < 4.78 is 19.7. The molecule has 3 amide bonds. The van der Waals surface area contributed by atoms with Gasteiger partial charge < -0.3 is 20.7 Å². The number of carbonyl (C=O) groups is 3. The average Bonchev–Trinajstić information content (AvgIpc) is 3.48. The molecule has 1 atom stereocenters. The zero-order valence-corrected chi connectivity index (χ0v) is 16.7. The number of rotatable bonds is 8. The van der Waals surface area contributed by atoms with E-state index in [0.717, 1.165) is 12.8 Å². The SMILES string of the molecule is CC(C)CN(C1CC1)[C@H](C(N)=O)C(=O)Nc1ccc(N2CCOCC2=O)cc1F. The van der Waals surface area contributed by atoms with Gasteiger partial charge in [-0.15, -0.1) is 0 Å². The van der Waals surface area contributed by atoms with Gasteiger partial charge in [-0.3, -0.25) is 19.3 Å². The molecule has 8 nitrogen and oxygen atoms in total. The van der Waals surface area contributed by atoms with Crippen LogP contribution in [0, 0.1) is 11.7 Å². The summed E-state index contributed by atoms with van der Waals surface area (Å²) in [5, 5.41) is 2.48. The second kappa shape index (κ2) is 8.87. The van der Waals surface area contributed by atoms with Gasteiger partial charge in [0.05, 0.1) is 12.3 Å². The van der Waals surface area contributed by atoms with Crippen LogP contribution < -0.4 is 16.0 Å². The van der Waals surface area contributed by atoms with Gasteiger partial charge in [-0.05, 0) is 37.0 Å². The van der Waals surface area contributed by atoms with Crippen LogP contribution in [0.2, 0.25) is 0 Å². The van der Waals surface area contributed by atoms with Gasteiger partial charge in [0.25, 0.3) is 11.8 Å². The van der Waals surface area contributed by atoms with E-state index in [0.29, 0.717) is 25.4 Å². The average molecular weight is 406 g/mol. The summed E-state index contributed by atoms with van der Waals surface area (Å²) in [6.45, 7) is 5.20. The fraction of sp³-hybridized carbons (Fsp3) is 0.550. The first kappa shape index (κ1) is 21.2. The zero-order chi connectivity index (χ0) is 21.1. The van der Waals surface area contributed by atoms with Crippen molar-refractivity contribution in [3.8, 4) is 0 Å². The molecule has 1 aromatic rings. The molecule has 0 radical (unpaired) electrons. The molecule has 0 unspecified atom stereocenters. The van der Waals surface area contributed by atoms with Crippen molar-refractivity contribution < 1.29 is 23.5 Å². The lowest BCUT2D eigenvalue weighted by molar-refractivity contribution is -0.133. The third-order valence-corrected chi connectivity index (χ3v) is 4.95. The number of primary amides is 1. The maximum atomic E-state index is 14.6. The number of nitrogens with zero attached hydrogens (tertiary/aromatic N) is 2. The van der Waals surface area contributed by atoms with Gasteiger partial charge in [0, 0.05) is 24.8 Å². The molecule has 0 bridgehead atoms. The van der Waals surface area contributed by atoms with Crippen LogP contribution in [0.4, 0.5) is 15.8 Å². The van der Waals surface area contributed by atoms with Crippen LogP contribution in [-0.2, 0) is 19.1 Å². The van der Waals surface area contributed by atoms with E-state index in [4.69, 9.17) is 10.5 Å². The Labute approximate surface area is 169 Å². The highest BCUT2D eigenvalue weighted by molar-refractivity contribution is 6.09. The lowest BCUT2D eigenvalue weighted by Crippen LogP contribution is -2.54. The number of anilines is 2. The minimum atomic E-state index is -1.16. The predicted octanol–water partition coefficient (Wildman–Crippen LogP) is 1.10. The van der Waals surface area contributed by atoms with Gasteiger partial charge in [-0.1, -0.05) is 13.8 Å². The van der Waals surface area contributed by atoms with E-state index in [2.05, 4.69) is 5.32 Å². The molecule has 0 spiro atoms. The van der Waals surface area contributed by atoms with Crippen molar-refractivity contribution >= 4 is 29.1 Å². The Balaban J connectivity index is 1.75. The summed E-state index contributed by atoms with van der Waals surface area (Å²) in [6, 6.07) is 3.09. The van der Waals surface area contributed by atoms with E-state index in [-0.39, 0.29) is 30.2 Å². The topological polar surface area (TPSA) is 105 Å². The highest BCUT2D eigenvalue weighted by atomic mass is 19.1. The normalized spacial score (nSPS) is 18.2. The third kappa shape index (κ3) is 5.10. The molecule has 29 heavy (non-hydrogen) atoms. The van der Waals surface area contributed by atoms with Crippen molar-refractivity contribution in [2.24, 2.45) is 11.7 Å². The van der Waals surface area contributed by atoms with Crippen LogP contribution >= 0.6 is 0 Å². The van der Waals surface area contributed by atoms with Crippen molar-refractivity contribution in [2.75, 3.05) is 36.5 Å². The lowest BCUT2D eigenvalue weighted by atomic mass is 10.1. The highest BCUT2D eigenvalue weighted by Gasteiger charge is 2.40. The molecule has 1 heterocycles. The Kier molecular flexibility index (Phi) is 6.49. The van der Waals surface area contributed by atoms with Gasteiger partial charge >= 0.3 is 0 Å². The first-order chi connectivity index (χ1) is 13.8. The van der Waals surface area contributed by atoms with Crippen LogP contribution in [0.3, 0.4) is 0 Å². The molecule has 1 aliphatic heterocycles. The number of benzene rings is 1. The van der Waals surface area contributed by atoms with Gasteiger partial charge in [0.2, 0.25) is 5.91 Å². The molecular formula is C20H27FN4O4. The summed E-state index contributed by atoms with van der Waals surface area (Å²) in [6.07, 6.45) is 1.81. The summed E-state index contributed by atoms with van der Waals surface area (Å²) in [5.41, 5.74) is 5.84. The number of morpholine rings is 1. The number of nitrogens with two attached hydrogens (primary N) is 1. The van der Waals surface area contributed by atoms with Gasteiger partial charge in [0.15, 0.2) is 6.04 Å². The molecule has 1 aliphatic carbocycles. The van der Waals surface area contributed by atoms with Gasteiger partial charge in [0.1, 0.15) is 12.4 Å². The van der Waals surface area contributed by atoms with Crippen LogP contribution in [-0.4, -0.2) is 61.0 Å². The summed E-state index contributed by atoms with van der Waals surface area (Å²) in [5.74, 6) is -2.12. The molecule has 158 valence electrons. The van der Waals surface area contributed by atoms with Crippen molar-refractivity contribution in [1.29, 1.82) is 0 Å². The van der Waals surface area contributed by atoms with Crippen molar-refractivity contribution in [2.45, 2.75) is 38.8 Å². The summed E-state index contributed by atoms with van der Waals surface area (Å²) >= 11 is 0. The highest BCUT2D eigenvalue weighted by Crippen LogP contribution is 2.30. The number of ether oxygens (including phenoxy) is 1. The number of hydrogen-bond donors (Lipinski definition) is 2. The van der Waals surface area contributed by atoms with E-state index in [1.807, 2.05) is 13.8 Å². The standard InChI is InChI=1S/C20H27FN4O4/c1-12(2)10-25(13-3-4-13)18(19(22)27)20(28)23-16-6-5-14(9-15(16)21)24-7-8-29-11-17(24)26/h5-6,9,12-13,18H,3-4,7-8,10-11H2,1-2H3,(H2,22,27)(H,23,28)/t18-/m1/s1. The van der Waals surface area contributed by atoms with E-state index in [1.165, 1.54) is 17.0 Å². The molecule has 3 N–H and O–H groups in total. The maximum absolute atomic E-state index is 14.6. The molecular weight excluding hydrogens is 379 g/mol. The van der Waals surface area contributed by atoms with Crippen molar-refractivity contribution in [3.05, 3.63) is 24.0 Å². The van der Waals surface area contributed by atoms with Crippen LogP contribution in [0.5, 0.6) is 0 Å². The van der Waals surface area contributed by atoms with Crippen LogP contribution in [0.15, 0.2) is 18.2 Å². The van der Waals surface area contributed by atoms with E-state index >= 15 is 0 Å². The third-order valence-electron chi connectivity index (χ3n) is 4.95. The summed E-state index contributed by atoms with van der Waals surface area (Å²) in [7, 11) is 0. The second-order valence-corrected chi connectivity index (χ2v) is 7.88. The Hall–Kier alpha value is -2.52. The number of halogens is 1. The number of carbonyl (C=O) groups excluding carboxylic acids is 3. The van der Waals surface area contributed by atoms with Crippen molar-refractivity contribution in [3.63, 3.8) is 0 Å². The quantitative estimate of drug-likeness (QED) is 0.629. The molecule has 9 heteroatoms. The minimum Gasteiger partial charge on any atom is -0.370 e. The summed E-state index contributed by atoms with van der Waals surface area (Å²) in [4.78, 5) is 40.0. The lowest BCUT2D eigenvalue weighted by Gasteiger charge is -2.30. The Morgan fingerprint density at radius 1 is 1.38 bits per heavy atom. The Morgan fingerprint density at radius 2 is 2.10 bits per heavy atom. The predicted molar refractivity (Wildman–Crippen MR) is 106 cm³/mol. The largest absolute Gasteiger partial charge is 0.370 e. The molecule has 3 rings (SSSR count). The molecule has 0 aromatic heterocycles. The monoisotopic (exact) mass is 406 g/mol. The first-order valence-electron chi connectivity index (χ1n) is 9.81. The molecule has 1 saturated heterocycles. The number of amides is 3. The first-order valence-corrected chi connectivity index (χ1v) is 9.81. The molecule has 2 fully saturated rings.